The third kappa shape index (κ3) is 2.01. The molecule has 0 radical (unpaired) electrons. The number of aromatic nitrogens is 1. The number of benzene rings is 1. The summed E-state index contributed by atoms with van der Waals surface area (Å²) in [5, 5.41) is 20.4. The lowest BCUT2D eigenvalue weighted by Gasteiger charge is -2.10. The molecule has 2 rings (SSSR count). The Labute approximate surface area is 107 Å². The van der Waals surface area contributed by atoms with Crippen molar-refractivity contribution in [1.29, 1.82) is 0 Å². The normalized spacial score (nSPS) is 11.7. The van der Waals surface area contributed by atoms with Gasteiger partial charge in [-0.05, 0) is 31.4 Å². The lowest BCUT2D eigenvalue weighted by atomic mass is 10.0. The minimum Gasteiger partial charge on any atom is -0.504 e. The fourth-order valence-corrected chi connectivity index (χ4v) is 2.15. The van der Waals surface area contributed by atoms with E-state index in [0.717, 1.165) is 5.52 Å². The molecule has 2 N–H and O–H groups in total. The summed E-state index contributed by atoms with van der Waals surface area (Å²) in [6, 6.07) is 6.18. The van der Waals surface area contributed by atoms with Crippen molar-refractivity contribution in [3.63, 3.8) is 0 Å². The second-order valence-corrected chi connectivity index (χ2v) is 5.30. The first kappa shape index (κ1) is 12.7. The van der Waals surface area contributed by atoms with Gasteiger partial charge < -0.3 is 10.2 Å². The first-order valence-corrected chi connectivity index (χ1v) is 6.31. The molecule has 1 heterocycles. The maximum absolute atomic E-state index is 9.93. The summed E-state index contributed by atoms with van der Waals surface area (Å²) >= 11 is 0. The summed E-state index contributed by atoms with van der Waals surface area (Å²) in [5.41, 5.74) is 2.17. The van der Waals surface area contributed by atoms with Crippen LogP contribution in [0.1, 0.15) is 45.2 Å². The van der Waals surface area contributed by atoms with Gasteiger partial charge in [0.2, 0.25) is 17.5 Å². The van der Waals surface area contributed by atoms with Gasteiger partial charge in [-0.15, -0.1) is 0 Å². The molecule has 1 aromatic carbocycles. The summed E-state index contributed by atoms with van der Waals surface area (Å²) in [7, 11) is 0. The molecule has 0 spiro atoms. The van der Waals surface area contributed by atoms with Crippen LogP contribution in [-0.4, -0.2) is 10.2 Å². The van der Waals surface area contributed by atoms with Gasteiger partial charge in [0.1, 0.15) is 0 Å². The van der Waals surface area contributed by atoms with Crippen LogP contribution < -0.4 is 4.57 Å². The van der Waals surface area contributed by atoms with E-state index in [2.05, 4.69) is 33.8 Å². The molecule has 2 aromatic rings. The molecular formula is C15H20NO2+. The Morgan fingerprint density at radius 2 is 1.72 bits per heavy atom. The van der Waals surface area contributed by atoms with Gasteiger partial charge in [-0.3, -0.25) is 0 Å². The Kier molecular flexibility index (Phi) is 3.16. The van der Waals surface area contributed by atoms with Crippen LogP contribution in [0, 0.1) is 0 Å². The van der Waals surface area contributed by atoms with Crippen molar-refractivity contribution in [2.45, 2.75) is 39.7 Å². The predicted molar refractivity (Wildman–Crippen MR) is 71.9 cm³/mol. The first-order valence-electron chi connectivity index (χ1n) is 6.31. The molecule has 0 fully saturated rings. The van der Waals surface area contributed by atoms with E-state index in [1.54, 1.807) is 6.20 Å². The van der Waals surface area contributed by atoms with Crippen LogP contribution in [0.5, 0.6) is 11.5 Å². The highest BCUT2D eigenvalue weighted by Gasteiger charge is 2.20. The minimum absolute atomic E-state index is 0.0443. The Bertz CT molecular complexity index is 589. The highest BCUT2D eigenvalue weighted by atomic mass is 16.3. The summed E-state index contributed by atoms with van der Waals surface area (Å²) < 4.78 is 1.98. The molecule has 0 amide bonds. The molecule has 0 aliphatic rings. The maximum atomic E-state index is 9.93. The van der Waals surface area contributed by atoms with Crippen LogP contribution in [0.2, 0.25) is 0 Å². The number of nitrogens with zero attached hydrogens (tertiary/aromatic N) is 1. The van der Waals surface area contributed by atoms with Crippen molar-refractivity contribution in [3.05, 3.63) is 30.0 Å². The zero-order chi connectivity index (χ0) is 13.4. The minimum atomic E-state index is -0.0755. The van der Waals surface area contributed by atoms with Gasteiger partial charge in [-0.25, -0.2) is 0 Å². The number of pyridine rings is 1. The van der Waals surface area contributed by atoms with Crippen molar-refractivity contribution in [1.82, 2.24) is 0 Å². The molecule has 96 valence electrons. The quantitative estimate of drug-likeness (QED) is 0.799. The van der Waals surface area contributed by atoms with E-state index in [1.165, 1.54) is 5.56 Å². The molecule has 0 saturated carbocycles. The van der Waals surface area contributed by atoms with Gasteiger partial charge >= 0.3 is 0 Å². The monoisotopic (exact) mass is 246 g/mol. The van der Waals surface area contributed by atoms with E-state index in [9.17, 15) is 10.2 Å². The molecule has 3 heteroatoms. The molecular weight excluding hydrogens is 226 g/mol. The number of hydrogen-bond donors (Lipinski definition) is 2. The van der Waals surface area contributed by atoms with Crippen molar-refractivity contribution in [2.75, 3.05) is 0 Å². The number of hydrogen-bond acceptors (Lipinski definition) is 2. The average Bonchev–Trinajstić information content (AvgIpc) is 2.32. The van der Waals surface area contributed by atoms with Gasteiger partial charge in [-0.2, -0.15) is 4.57 Å². The number of aromatic hydroxyl groups is 2. The lowest BCUT2D eigenvalue weighted by Crippen LogP contribution is -2.36. The van der Waals surface area contributed by atoms with Crippen LogP contribution in [-0.2, 0) is 0 Å². The smallest absolute Gasteiger partial charge is 0.223 e. The summed E-state index contributed by atoms with van der Waals surface area (Å²) in [4.78, 5) is 0. The van der Waals surface area contributed by atoms with Gasteiger partial charge in [0.05, 0.1) is 5.39 Å². The van der Waals surface area contributed by atoms with E-state index in [1.807, 2.05) is 16.7 Å². The Hall–Kier alpha value is -1.77. The molecule has 0 aliphatic heterocycles. The van der Waals surface area contributed by atoms with Gasteiger partial charge in [0, 0.05) is 6.07 Å². The largest absolute Gasteiger partial charge is 0.504 e. The van der Waals surface area contributed by atoms with E-state index in [0.29, 0.717) is 11.3 Å². The van der Waals surface area contributed by atoms with Crippen molar-refractivity contribution >= 4 is 10.9 Å². The average molecular weight is 246 g/mol. The second kappa shape index (κ2) is 4.48. The Morgan fingerprint density at radius 3 is 2.28 bits per heavy atom. The molecule has 0 saturated heterocycles. The molecule has 0 aliphatic carbocycles. The third-order valence-corrected chi connectivity index (χ3v) is 3.28. The van der Waals surface area contributed by atoms with Crippen LogP contribution >= 0.6 is 0 Å². The summed E-state index contributed by atoms with van der Waals surface area (Å²) in [6.07, 6.45) is 1.59. The predicted octanol–water partition coefficient (Wildman–Crippen LogP) is 3.24. The van der Waals surface area contributed by atoms with E-state index in [-0.39, 0.29) is 17.5 Å². The Balaban J connectivity index is 2.82. The zero-order valence-electron chi connectivity index (χ0n) is 11.3. The summed E-state index contributed by atoms with van der Waals surface area (Å²) in [6.45, 7) is 8.39. The molecule has 0 atom stereocenters. The Morgan fingerprint density at radius 1 is 1.06 bits per heavy atom. The van der Waals surface area contributed by atoms with E-state index >= 15 is 0 Å². The second-order valence-electron chi connectivity index (χ2n) is 5.30. The molecule has 0 bridgehead atoms. The highest BCUT2D eigenvalue weighted by molar-refractivity contribution is 5.84. The molecule has 1 aromatic heterocycles. The van der Waals surface area contributed by atoms with Crippen LogP contribution in [0.25, 0.3) is 10.9 Å². The van der Waals surface area contributed by atoms with E-state index in [4.69, 9.17) is 0 Å². The van der Waals surface area contributed by atoms with Gasteiger partial charge in [0.25, 0.3) is 0 Å². The van der Waals surface area contributed by atoms with E-state index < -0.39 is 0 Å². The zero-order valence-corrected chi connectivity index (χ0v) is 11.3. The van der Waals surface area contributed by atoms with Crippen LogP contribution in [0.3, 0.4) is 0 Å². The SMILES string of the molecule is CC(C)c1ccc2c(O)c(O)c[n+](C(C)C)c2c1. The first-order chi connectivity index (χ1) is 8.41. The number of fused-ring (bicyclic) bond motifs is 1. The van der Waals surface area contributed by atoms with Crippen molar-refractivity contribution in [2.24, 2.45) is 0 Å². The van der Waals surface area contributed by atoms with Gasteiger partial charge in [0.15, 0.2) is 11.8 Å². The summed E-state index contributed by atoms with van der Waals surface area (Å²) in [5.74, 6) is 0.316. The fraction of sp³-hybridized carbons (Fsp3) is 0.400. The highest BCUT2D eigenvalue weighted by Crippen LogP contribution is 2.32. The molecule has 18 heavy (non-hydrogen) atoms. The van der Waals surface area contributed by atoms with Crippen molar-refractivity contribution < 1.29 is 14.8 Å². The number of rotatable bonds is 2. The topological polar surface area (TPSA) is 44.3 Å². The fourth-order valence-electron chi connectivity index (χ4n) is 2.15. The van der Waals surface area contributed by atoms with Crippen LogP contribution in [0.4, 0.5) is 0 Å². The standard InChI is InChI=1S/C15H19NO2/c1-9(2)11-5-6-12-13(7-11)16(10(3)4)8-14(17)15(12)18/h5-10,17H,1-4H3/p+1. The van der Waals surface area contributed by atoms with Crippen LogP contribution in [0.15, 0.2) is 24.4 Å². The lowest BCUT2D eigenvalue weighted by molar-refractivity contribution is -0.691. The van der Waals surface area contributed by atoms with Gasteiger partial charge in [-0.1, -0.05) is 19.9 Å². The van der Waals surface area contributed by atoms with Crippen molar-refractivity contribution in [3.8, 4) is 11.5 Å². The maximum Gasteiger partial charge on any atom is 0.223 e. The molecule has 0 unspecified atom stereocenters. The third-order valence-electron chi connectivity index (χ3n) is 3.28. The molecule has 3 nitrogen and oxygen atoms in total.